The van der Waals surface area contributed by atoms with Crippen LogP contribution in [0.5, 0.6) is 0 Å². The Balaban J connectivity index is 2.04. The normalized spacial score (nSPS) is 18.4. The Morgan fingerprint density at radius 3 is 2.53 bits per heavy atom. The zero-order valence-electron chi connectivity index (χ0n) is 11.4. The van der Waals surface area contributed by atoms with Gasteiger partial charge in [0, 0.05) is 36.9 Å². The molecule has 0 spiro atoms. The third kappa shape index (κ3) is 3.19. The predicted octanol–water partition coefficient (Wildman–Crippen LogP) is 1.64. The van der Waals surface area contributed by atoms with Crippen LogP contribution in [-0.2, 0) is 4.79 Å². The van der Waals surface area contributed by atoms with Crippen LogP contribution in [0, 0.1) is 6.92 Å². The van der Waals surface area contributed by atoms with Crippen LogP contribution in [0.1, 0.15) is 12.5 Å². The number of rotatable bonds is 3. The summed E-state index contributed by atoms with van der Waals surface area (Å²) in [5.74, 6) is -0.257. The SMILES string of the molecule is Cc1ccc(Cl)cc1N1CCN([C@@H](C)C(N)=O)CC1. The van der Waals surface area contributed by atoms with Gasteiger partial charge in [0.15, 0.2) is 0 Å². The third-order valence-corrected chi connectivity index (χ3v) is 4.02. The van der Waals surface area contributed by atoms with Crippen molar-refractivity contribution < 1.29 is 4.79 Å². The van der Waals surface area contributed by atoms with Gasteiger partial charge in [-0.25, -0.2) is 0 Å². The van der Waals surface area contributed by atoms with E-state index in [2.05, 4.69) is 16.7 Å². The maximum Gasteiger partial charge on any atom is 0.234 e. The van der Waals surface area contributed by atoms with E-state index in [9.17, 15) is 4.79 Å². The van der Waals surface area contributed by atoms with E-state index < -0.39 is 0 Å². The van der Waals surface area contributed by atoms with Crippen LogP contribution in [0.2, 0.25) is 5.02 Å². The molecule has 0 saturated carbocycles. The monoisotopic (exact) mass is 281 g/mol. The van der Waals surface area contributed by atoms with Gasteiger partial charge < -0.3 is 10.6 Å². The minimum absolute atomic E-state index is 0.192. The highest BCUT2D eigenvalue weighted by atomic mass is 35.5. The summed E-state index contributed by atoms with van der Waals surface area (Å²) in [5, 5.41) is 0.758. The van der Waals surface area contributed by atoms with Gasteiger partial charge in [-0.1, -0.05) is 17.7 Å². The lowest BCUT2D eigenvalue weighted by Gasteiger charge is -2.38. The third-order valence-electron chi connectivity index (χ3n) is 3.79. The Labute approximate surface area is 119 Å². The number of halogens is 1. The van der Waals surface area contributed by atoms with E-state index in [0.29, 0.717) is 0 Å². The summed E-state index contributed by atoms with van der Waals surface area (Å²) < 4.78 is 0. The van der Waals surface area contributed by atoms with E-state index >= 15 is 0 Å². The van der Waals surface area contributed by atoms with Gasteiger partial charge in [-0.3, -0.25) is 9.69 Å². The van der Waals surface area contributed by atoms with E-state index in [1.807, 2.05) is 25.1 Å². The summed E-state index contributed by atoms with van der Waals surface area (Å²) in [6.07, 6.45) is 0. The molecule has 0 radical (unpaired) electrons. The molecule has 0 aromatic heterocycles. The van der Waals surface area contributed by atoms with Gasteiger partial charge in [0.05, 0.1) is 6.04 Å². The molecule has 1 aromatic rings. The smallest absolute Gasteiger partial charge is 0.234 e. The molecule has 0 unspecified atom stereocenters. The quantitative estimate of drug-likeness (QED) is 0.916. The number of piperazine rings is 1. The summed E-state index contributed by atoms with van der Waals surface area (Å²) in [6.45, 7) is 7.41. The lowest BCUT2D eigenvalue weighted by Crippen LogP contribution is -2.53. The minimum Gasteiger partial charge on any atom is -0.369 e. The molecule has 1 heterocycles. The van der Waals surface area contributed by atoms with E-state index in [-0.39, 0.29) is 11.9 Å². The van der Waals surface area contributed by atoms with Gasteiger partial charge in [0.2, 0.25) is 5.91 Å². The average molecular weight is 282 g/mol. The first-order valence-electron chi connectivity index (χ1n) is 6.53. The van der Waals surface area contributed by atoms with Crippen LogP contribution in [0.3, 0.4) is 0 Å². The highest BCUT2D eigenvalue weighted by molar-refractivity contribution is 6.30. The number of nitrogens with two attached hydrogens (primary N) is 1. The van der Waals surface area contributed by atoms with E-state index in [1.165, 1.54) is 11.3 Å². The number of primary amides is 1. The molecule has 1 amide bonds. The summed E-state index contributed by atoms with van der Waals surface area (Å²) in [7, 11) is 0. The maximum absolute atomic E-state index is 11.2. The van der Waals surface area contributed by atoms with Crippen LogP contribution in [0.4, 0.5) is 5.69 Å². The van der Waals surface area contributed by atoms with Gasteiger partial charge in [0.1, 0.15) is 0 Å². The van der Waals surface area contributed by atoms with E-state index in [4.69, 9.17) is 17.3 Å². The van der Waals surface area contributed by atoms with Crippen molar-refractivity contribution in [3.63, 3.8) is 0 Å². The fraction of sp³-hybridized carbons (Fsp3) is 0.500. The molecule has 1 aliphatic heterocycles. The number of carbonyl (C=O) groups is 1. The van der Waals surface area contributed by atoms with Crippen molar-refractivity contribution in [1.29, 1.82) is 0 Å². The second-order valence-electron chi connectivity index (χ2n) is 5.03. The first-order chi connectivity index (χ1) is 8.99. The number of hydrogen-bond acceptors (Lipinski definition) is 3. The number of anilines is 1. The van der Waals surface area contributed by atoms with Gasteiger partial charge in [-0.15, -0.1) is 0 Å². The van der Waals surface area contributed by atoms with Crippen molar-refractivity contribution in [2.24, 2.45) is 5.73 Å². The zero-order chi connectivity index (χ0) is 14.0. The van der Waals surface area contributed by atoms with Gasteiger partial charge in [0.25, 0.3) is 0 Å². The molecule has 5 heteroatoms. The first kappa shape index (κ1) is 14.2. The topological polar surface area (TPSA) is 49.6 Å². The molecule has 2 N–H and O–H groups in total. The predicted molar refractivity (Wildman–Crippen MR) is 78.6 cm³/mol. The molecule has 1 aliphatic rings. The first-order valence-corrected chi connectivity index (χ1v) is 6.91. The molecule has 1 fully saturated rings. The molecule has 2 rings (SSSR count). The second kappa shape index (κ2) is 5.80. The lowest BCUT2D eigenvalue weighted by atomic mass is 10.1. The van der Waals surface area contributed by atoms with Crippen molar-refractivity contribution in [3.05, 3.63) is 28.8 Å². The highest BCUT2D eigenvalue weighted by Gasteiger charge is 2.24. The van der Waals surface area contributed by atoms with Gasteiger partial charge in [-0.2, -0.15) is 0 Å². The summed E-state index contributed by atoms with van der Waals surface area (Å²) in [5.41, 5.74) is 7.75. The Morgan fingerprint density at radius 1 is 1.32 bits per heavy atom. The number of benzene rings is 1. The van der Waals surface area contributed by atoms with Crippen molar-refractivity contribution >= 4 is 23.2 Å². The molecule has 4 nitrogen and oxygen atoms in total. The molecule has 0 bridgehead atoms. The van der Waals surface area contributed by atoms with Crippen LogP contribution in [0.15, 0.2) is 18.2 Å². The van der Waals surface area contributed by atoms with Gasteiger partial charge >= 0.3 is 0 Å². The molecular formula is C14H20ClN3O. The van der Waals surface area contributed by atoms with Crippen LogP contribution in [0.25, 0.3) is 0 Å². The van der Waals surface area contributed by atoms with Crippen molar-refractivity contribution in [2.75, 3.05) is 31.1 Å². The van der Waals surface area contributed by atoms with Crippen LogP contribution >= 0.6 is 11.6 Å². The minimum atomic E-state index is -0.257. The van der Waals surface area contributed by atoms with Gasteiger partial charge in [-0.05, 0) is 31.5 Å². The highest BCUT2D eigenvalue weighted by Crippen LogP contribution is 2.25. The number of carbonyl (C=O) groups excluding carboxylic acids is 1. The van der Waals surface area contributed by atoms with Crippen molar-refractivity contribution in [1.82, 2.24) is 4.90 Å². The van der Waals surface area contributed by atoms with Crippen LogP contribution < -0.4 is 10.6 Å². The summed E-state index contributed by atoms with van der Waals surface area (Å²) in [6, 6.07) is 5.76. The molecule has 0 aliphatic carbocycles. The average Bonchev–Trinajstić information content (AvgIpc) is 2.41. The second-order valence-corrected chi connectivity index (χ2v) is 5.47. The Morgan fingerprint density at radius 2 is 1.95 bits per heavy atom. The molecule has 1 saturated heterocycles. The molecule has 19 heavy (non-hydrogen) atoms. The Bertz CT molecular complexity index is 470. The maximum atomic E-state index is 11.2. The van der Waals surface area contributed by atoms with Crippen LogP contribution in [-0.4, -0.2) is 43.0 Å². The van der Waals surface area contributed by atoms with Crippen molar-refractivity contribution in [2.45, 2.75) is 19.9 Å². The van der Waals surface area contributed by atoms with E-state index in [0.717, 1.165) is 31.2 Å². The number of aryl methyl sites for hydroxylation is 1. The Kier molecular flexibility index (Phi) is 4.32. The standard InChI is InChI=1S/C14H20ClN3O/c1-10-3-4-12(15)9-13(10)18-7-5-17(6-8-18)11(2)14(16)19/h3-4,9,11H,5-8H2,1-2H3,(H2,16,19)/t11-/m0/s1. The Hall–Kier alpha value is -1.26. The largest absolute Gasteiger partial charge is 0.369 e. The number of hydrogen-bond donors (Lipinski definition) is 1. The summed E-state index contributed by atoms with van der Waals surface area (Å²) in [4.78, 5) is 15.6. The number of nitrogens with zero attached hydrogens (tertiary/aromatic N) is 2. The number of amides is 1. The summed E-state index contributed by atoms with van der Waals surface area (Å²) >= 11 is 6.06. The van der Waals surface area contributed by atoms with Crippen molar-refractivity contribution in [3.8, 4) is 0 Å². The lowest BCUT2D eigenvalue weighted by molar-refractivity contribution is -0.122. The molecule has 104 valence electrons. The molecular weight excluding hydrogens is 262 g/mol. The zero-order valence-corrected chi connectivity index (χ0v) is 12.2. The molecule has 1 atom stereocenters. The molecule has 1 aromatic carbocycles. The van der Waals surface area contributed by atoms with E-state index in [1.54, 1.807) is 0 Å². The fourth-order valence-corrected chi connectivity index (χ4v) is 2.62. The fourth-order valence-electron chi connectivity index (χ4n) is 2.45.